The molecule has 0 N–H and O–H groups in total. The molecule has 1 amide bonds. The zero-order valence-corrected chi connectivity index (χ0v) is 11.9. The fourth-order valence-electron chi connectivity index (χ4n) is 1.31. The Morgan fingerprint density at radius 3 is 2.81 bits per heavy atom. The summed E-state index contributed by atoms with van der Waals surface area (Å²) >= 11 is 4.84. The number of halogens is 1. The molecule has 0 aliphatic carbocycles. The number of nitrogens with zero attached hydrogens (tertiary/aromatic N) is 1. The zero-order chi connectivity index (χ0) is 12.0. The molecule has 5 heteroatoms. The Labute approximate surface area is 109 Å². The lowest BCUT2D eigenvalue weighted by Gasteiger charge is -2.20. The van der Waals surface area contributed by atoms with Gasteiger partial charge >= 0.3 is 0 Å². The number of hydrogen-bond donors (Lipinski definition) is 0. The minimum Gasteiger partial charge on any atom is -0.380 e. The predicted molar refractivity (Wildman–Crippen MR) is 70.1 cm³/mol. The van der Waals surface area contributed by atoms with Crippen LogP contribution in [0.25, 0.3) is 0 Å². The molecule has 1 rings (SSSR count). The van der Waals surface area contributed by atoms with Crippen LogP contribution in [0.2, 0.25) is 0 Å². The van der Waals surface area contributed by atoms with Gasteiger partial charge in [0.25, 0.3) is 5.91 Å². The zero-order valence-electron chi connectivity index (χ0n) is 9.53. The Kier molecular flexibility index (Phi) is 6.01. The van der Waals surface area contributed by atoms with Gasteiger partial charge in [-0.3, -0.25) is 4.79 Å². The number of thiophene rings is 1. The van der Waals surface area contributed by atoms with Crippen LogP contribution < -0.4 is 0 Å². The van der Waals surface area contributed by atoms with Gasteiger partial charge in [0.15, 0.2) is 0 Å². The van der Waals surface area contributed by atoms with Crippen LogP contribution in [0.1, 0.15) is 23.5 Å². The summed E-state index contributed by atoms with van der Waals surface area (Å²) in [6, 6.07) is 1.90. The fourth-order valence-corrected chi connectivity index (χ4v) is 2.82. The van der Waals surface area contributed by atoms with Gasteiger partial charge in [0.1, 0.15) is 4.88 Å². The van der Waals surface area contributed by atoms with E-state index in [2.05, 4.69) is 15.9 Å². The SMILES string of the molecule is CCOCCN(CC)C(=O)c1sccc1Br. The lowest BCUT2D eigenvalue weighted by molar-refractivity contribution is 0.0673. The number of likely N-dealkylation sites (N-methyl/N-ethyl adjacent to an activating group) is 1. The van der Waals surface area contributed by atoms with Crippen LogP contribution in [-0.4, -0.2) is 37.1 Å². The van der Waals surface area contributed by atoms with E-state index in [1.807, 2.05) is 25.3 Å². The Bertz CT molecular complexity index is 340. The van der Waals surface area contributed by atoms with Crippen molar-refractivity contribution in [1.82, 2.24) is 4.90 Å². The molecule has 1 aromatic rings. The van der Waals surface area contributed by atoms with Crippen molar-refractivity contribution in [3.05, 3.63) is 20.8 Å². The van der Waals surface area contributed by atoms with Gasteiger partial charge in [-0.05, 0) is 41.2 Å². The number of hydrogen-bond acceptors (Lipinski definition) is 3. The van der Waals surface area contributed by atoms with Crippen LogP contribution in [0.5, 0.6) is 0 Å². The van der Waals surface area contributed by atoms with Crippen molar-refractivity contribution in [3.8, 4) is 0 Å². The topological polar surface area (TPSA) is 29.5 Å². The number of carbonyl (C=O) groups is 1. The summed E-state index contributed by atoms with van der Waals surface area (Å²) in [6.07, 6.45) is 0. The first-order valence-corrected chi connectivity index (χ1v) is 6.98. The molecule has 0 atom stereocenters. The standard InChI is InChI=1S/C11H16BrNO2S/c1-3-13(6-7-15-4-2)11(14)10-9(12)5-8-16-10/h5,8H,3-4,6-7H2,1-2H3. The molecule has 90 valence electrons. The fraction of sp³-hybridized carbons (Fsp3) is 0.545. The van der Waals surface area contributed by atoms with Gasteiger partial charge in [0.05, 0.1) is 6.61 Å². The van der Waals surface area contributed by atoms with Gasteiger partial charge in [-0.25, -0.2) is 0 Å². The maximum Gasteiger partial charge on any atom is 0.265 e. The van der Waals surface area contributed by atoms with Gasteiger partial charge in [-0.2, -0.15) is 0 Å². The van der Waals surface area contributed by atoms with Crippen LogP contribution >= 0.6 is 27.3 Å². The lowest BCUT2D eigenvalue weighted by atomic mass is 10.4. The monoisotopic (exact) mass is 305 g/mol. The first kappa shape index (κ1) is 13.7. The summed E-state index contributed by atoms with van der Waals surface area (Å²) in [4.78, 5) is 14.7. The number of ether oxygens (including phenoxy) is 1. The van der Waals surface area contributed by atoms with Gasteiger partial charge in [-0.1, -0.05) is 0 Å². The molecule has 3 nitrogen and oxygen atoms in total. The predicted octanol–water partition coefficient (Wildman–Crippen LogP) is 3.01. The van der Waals surface area contributed by atoms with E-state index < -0.39 is 0 Å². The summed E-state index contributed by atoms with van der Waals surface area (Å²) in [5, 5.41) is 1.91. The third-order valence-electron chi connectivity index (χ3n) is 2.19. The molecule has 0 saturated heterocycles. The minimum absolute atomic E-state index is 0.0732. The van der Waals surface area contributed by atoms with Crippen LogP contribution in [0.15, 0.2) is 15.9 Å². The molecule has 1 heterocycles. The first-order chi connectivity index (χ1) is 7.70. The third-order valence-corrected chi connectivity index (χ3v) is 4.02. The highest BCUT2D eigenvalue weighted by Crippen LogP contribution is 2.24. The quantitative estimate of drug-likeness (QED) is 0.756. The maximum atomic E-state index is 12.1. The Hall–Kier alpha value is -0.390. The van der Waals surface area contributed by atoms with E-state index in [-0.39, 0.29) is 5.91 Å². The summed E-state index contributed by atoms with van der Waals surface area (Å²) < 4.78 is 6.13. The number of carbonyl (C=O) groups excluding carboxylic acids is 1. The average molecular weight is 306 g/mol. The molecule has 0 aliphatic heterocycles. The molecular weight excluding hydrogens is 290 g/mol. The Morgan fingerprint density at radius 2 is 2.31 bits per heavy atom. The molecule has 0 saturated carbocycles. The van der Waals surface area contributed by atoms with Crippen molar-refractivity contribution in [2.24, 2.45) is 0 Å². The van der Waals surface area contributed by atoms with Crippen molar-refractivity contribution >= 4 is 33.2 Å². The molecule has 0 spiro atoms. The van der Waals surface area contributed by atoms with Gasteiger partial charge < -0.3 is 9.64 Å². The van der Waals surface area contributed by atoms with Crippen LogP contribution in [-0.2, 0) is 4.74 Å². The first-order valence-electron chi connectivity index (χ1n) is 5.30. The minimum atomic E-state index is 0.0732. The number of amides is 1. The van der Waals surface area contributed by atoms with Gasteiger partial charge in [0, 0.05) is 24.2 Å². The summed E-state index contributed by atoms with van der Waals surface area (Å²) in [5.41, 5.74) is 0. The highest BCUT2D eigenvalue weighted by molar-refractivity contribution is 9.10. The van der Waals surface area contributed by atoms with Crippen molar-refractivity contribution in [3.63, 3.8) is 0 Å². The number of rotatable bonds is 6. The molecule has 0 unspecified atom stereocenters. The van der Waals surface area contributed by atoms with E-state index in [9.17, 15) is 4.79 Å². The molecular formula is C11H16BrNO2S. The van der Waals surface area contributed by atoms with E-state index in [0.717, 1.165) is 9.35 Å². The second-order valence-corrected chi connectivity index (χ2v) is 4.95. The second kappa shape index (κ2) is 7.04. The lowest BCUT2D eigenvalue weighted by Crippen LogP contribution is -2.33. The van der Waals surface area contributed by atoms with Crippen molar-refractivity contribution in [2.45, 2.75) is 13.8 Å². The molecule has 0 fully saturated rings. The second-order valence-electron chi connectivity index (χ2n) is 3.18. The van der Waals surface area contributed by atoms with Crippen LogP contribution in [0, 0.1) is 0 Å². The van der Waals surface area contributed by atoms with Gasteiger partial charge in [0.2, 0.25) is 0 Å². The highest BCUT2D eigenvalue weighted by Gasteiger charge is 2.17. The van der Waals surface area contributed by atoms with Crippen molar-refractivity contribution < 1.29 is 9.53 Å². The largest absolute Gasteiger partial charge is 0.380 e. The van der Waals surface area contributed by atoms with Crippen molar-refractivity contribution in [2.75, 3.05) is 26.3 Å². The van der Waals surface area contributed by atoms with Crippen LogP contribution in [0.4, 0.5) is 0 Å². The third kappa shape index (κ3) is 3.57. The normalized spacial score (nSPS) is 10.4. The summed E-state index contributed by atoms with van der Waals surface area (Å²) in [6.45, 7) is 6.57. The molecule has 0 bridgehead atoms. The Morgan fingerprint density at radius 1 is 1.56 bits per heavy atom. The Balaban J connectivity index is 2.59. The van der Waals surface area contributed by atoms with E-state index in [4.69, 9.17) is 4.74 Å². The van der Waals surface area contributed by atoms with E-state index in [1.54, 1.807) is 4.90 Å². The van der Waals surface area contributed by atoms with E-state index in [0.29, 0.717) is 26.3 Å². The maximum absolute atomic E-state index is 12.1. The molecule has 16 heavy (non-hydrogen) atoms. The van der Waals surface area contributed by atoms with Crippen LogP contribution in [0.3, 0.4) is 0 Å². The molecule has 0 radical (unpaired) electrons. The highest BCUT2D eigenvalue weighted by atomic mass is 79.9. The molecule has 0 aliphatic rings. The summed E-state index contributed by atoms with van der Waals surface area (Å²) in [7, 11) is 0. The smallest absolute Gasteiger partial charge is 0.265 e. The van der Waals surface area contributed by atoms with Gasteiger partial charge in [-0.15, -0.1) is 11.3 Å². The molecule has 0 aromatic carbocycles. The molecule has 1 aromatic heterocycles. The van der Waals surface area contributed by atoms with E-state index in [1.165, 1.54) is 11.3 Å². The van der Waals surface area contributed by atoms with E-state index >= 15 is 0 Å². The summed E-state index contributed by atoms with van der Waals surface area (Å²) in [5.74, 6) is 0.0732. The average Bonchev–Trinajstić information content (AvgIpc) is 2.70. The van der Waals surface area contributed by atoms with Crippen molar-refractivity contribution in [1.29, 1.82) is 0 Å².